The van der Waals surface area contributed by atoms with Crippen LogP contribution in [0.4, 0.5) is 5.69 Å². The van der Waals surface area contributed by atoms with Crippen LogP contribution in [0.5, 0.6) is 0 Å². The highest BCUT2D eigenvalue weighted by molar-refractivity contribution is 6.03. The minimum atomic E-state index is -0.395. The molecule has 1 aromatic carbocycles. The summed E-state index contributed by atoms with van der Waals surface area (Å²) in [6.45, 7) is 4.38. The first kappa shape index (κ1) is 19.4. The summed E-state index contributed by atoms with van der Waals surface area (Å²) in [7, 11) is 1.70. The molecule has 2 aromatic rings. The van der Waals surface area contributed by atoms with Gasteiger partial charge in [-0.3, -0.25) is 14.4 Å². The Bertz CT molecular complexity index is 845. The van der Waals surface area contributed by atoms with E-state index in [1.165, 1.54) is 23.7 Å². The van der Waals surface area contributed by atoms with Crippen molar-refractivity contribution in [2.45, 2.75) is 39.8 Å². The fourth-order valence-corrected chi connectivity index (χ4v) is 2.37. The summed E-state index contributed by atoms with van der Waals surface area (Å²) < 4.78 is 1.31. The molecule has 0 radical (unpaired) electrons. The monoisotopic (exact) mass is 356 g/mol. The van der Waals surface area contributed by atoms with E-state index in [9.17, 15) is 14.4 Å². The molecule has 2 rings (SSSR count). The maximum Gasteiger partial charge on any atom is 0.276 e. The lowest BCUT2D eigenvalue weighted by atomic mass is 10.1. The van der Waals surface area contributed by atoms with Crippen LogP contribution in [0.15, 0.2) is 41.2 Å². The quantitative estimate of drug-likeness (QED) is 0.825. The molecule has 0 unspecified atom stereocenters. The van der Waals surface area contributed by atoms with Crippen molar-refractivity contribution >= 4 is 17.5 Å². The van der Waals surface area contributed by atoms with Crippen LogP contribution in [-0.2, 0) is 17.9 Å². The topological polar surface area (TPSA) is 84.3 Å². The van der Waals surface area contributed by atoms with Gasteiger partial charge in [0.2, 0.25) is 5.91 Å². The molecule has 0 bridgehead atoms. The van der Waals surface area contributed by atoms with Crippen molar-refractivity contribution in [3.63, 3.8) is 0 Å². The zero-order valence-corrected chi connectivity index (χ0v) is 15.4. The molecule has 0 aliphatic rings. The lowest BCUT2D eigenvalue weighted by molar-refractivity contribution is -0.128. The Balaban J connectivity index is 2.20. The normalized spacial score (nSPS) is 10.4. The van der Waals surface area contributed by atoms with Crippen molar-refractivity contribution < 1.29 is 9.59 Å². The van der Waals surface area contributed by atoms with Gasteiger partial charge in [0.25, 0.3) is 11.5 Å². The number of hydrogen-bond acceptors (Lipinski definition) is 4. The summed E-state index contributed by atoms with van der Waals surface area (Å²) in [5, 5.41) is 6.97. The zero-order chi connectivity index (χ0) is 19.1. The van der Waals surface area contributed by atoms with Gasteiger partial charge in [-0.1, -0.05) is 31.5 Å². The molecule has 2 amide bonds. The van der Waals surface area contributed by atoms with Gasteiger partial charge in [-0.25, -0.2) is 4.68 Å². The number of rotatable bonds is 7. The minimum Gasteiger partial charge on any atom is -0.342 e. The Morgan fingerprint density at radius 2 is 1.92 bits per heavy atom. The smallest absolute Gasteiger partial charge is 0.276 e. The number of aromatic nitrogens is 2. The fraction of sp³-hybridized carbons (Fsp3) is 0.368. The van der Waals surface area contributed by atoms with Crippen LogP contribution >= 0.6 is 0 Å². The van der Waals surface area contributed by atoms with Crippen molar-refractivity contribution in [1.29, 1.82) is 0 Å². The van der Waals surface area contributed by atoms with E-state index in [0.717, 1.165) is 18.4 Å². The molecule has 7 heteroatoms. The summed E-state index contributed by atoms with van der Waals surface area (Å²) in [5.74, 6) is -0.455. The average Bonchev–Trinajstić information content (AvgIpc) is 2.62. The molecule has 0 saturated carbocycles. The van der Waals surface area contributed by atoms with Crippen molar-refractivity contribution in [3.8, 4) is 0 Å². The Labute approximate surface area is 152 Å². The molecule has 1 aromatic heterocycles. The first-order valence-corrected chi connectivity index (χ1v) is 8.61. The van der Waals surface area contributed by atoms with Gasteiger partial charge in [0.05, 0.1) is 0 Å². The second-order valence-electron chi connectivity index (χ2n) is 6.12. The molecule has 1 N–H and O–H groups in total. The SMILES string of the molecule is CCCCn1nc(C(=O)Nc2ccccc2CN(C)C(C)=O)ccc1=O. The van der Waals surface area contributed by atoms with Gasteiger partial charge < -0.3 is 10.2 Å². The van der Waals surface area contributed by atoms with Gasteiger partial charge in [0.1, 0.15) is 5.69 Å². The Hall–Kier alpha value is -2.96. The maximum atomic E-state index is 12.6. The number of carbonyl (C=O) groups is 2. The molecule has 7 nitrogen and oxygen atoms in total. The third-order valence-corrected chi connectivity index (χ3v) is 4.03. The highest BCUT2D eigenvalue weighted by atomic mass is 16.2. The first-order valence-electron chi connectivity index (χ1n) is 8.61. The van der Waals surface area contributed by atoms with Crippen molar-refractivity contribution in [2.75, 3.05) is 12.4 Å². The number of nitrogens with one attached hydrogen (secondary N) is 1. The van der Waals surface area contributed by atoms with E-state index in [0.29, 0.717) is 18.8 Å². The van der Waals surface area contributed by atoms with E-state index in [-0.39, 0.29) is 17.2 Å². The zero-order valence-electron chi connectivity index (χ0n) is 15.4. The van der Waals surface area contributed by atoms with E-state index in [4.69, 9.17) is 0 Å². The van der Waals surface area contributed by atoms with Crippen LogP contribution in [0.25, 0.3) is 0 Å². The minimum absolute atomic E-state index is 0.0594. The second-order valence-corrected chi connectivity index (χ2v) is 6.12. The van der Waals surface area contributed by atoms with Crippen LogP contribution in [0.1, 0.15) is 42.7 Å². The van der Waals surface area contributed by atoms with E-state index in [1.807, 2.05) is 25.1 Å². The standard InChI is InChI=1S/C19H24N4O3/c1-4-5-12-23-18(25)11-10-17(21-23)19(26)20-16-9-7-6-8-15(16)13-22(3)14(2)24/h6-11H,4-5,12-13H2,1-3H3,(H,20,26). The first-order chi connectivity index (χ1) is 12.4. The third kappa shape index (κ3) is 5.02. The molecular weight excluding hydrogens is 332 g/mol. The molecule has 0 aliphatic heterocycles. The maximum absolute atomic E-state index is 12.6. The second kappa shape index (κ2) is 8.94. The summed E-state index contributed by atoms with van der Waals surface area (Å²) in [6.07, 6.45) is 1.75. The third-order valence-electron chi connectivity index (χ3n) is 4.03. The number of amides is 2. The van der Waals surface area contributed by atoms with Crippen LogP contribution in [-0.4, -0.2) is 33.5 Å². The van der Waals surface area contributed by atoms with E-state index in [1.54, 1.807) is 18.0 Å². The van der Waals surface area contributed by atoms with Gasteiger partial charge in [-0.05, 0) is 24.1 Å². The van der Waals surface area contributed by atoms with E-state index < -0.39 is 5.91 Å². The Kier molecular flexibility index (Phi) is 6.66. The lowest BCUT2D eigenvalue weighted by Gasteiger charge is -2.17. The molecule has 0 aliphatic carbocycles. The highest BCUT2D eigenvalue weighted by Crippen LogP contribution is 2.17. The van der Waals surface area contributed by atoms with Gasteiger partial charge in [-0.15, -0.1) is 0 Å². The van der Waals surface area contributed by atoms with Crippen LogP contribution < -0.4 is 10.9 Å². The number of nitrogens with zero attached hydrogens (tertiary/aromatic N) is 3. The number of aryl methyl sites for hydroxylation is 1. The van der Waals surface area contributed by atoms with Crippen molar-refractivity contribution in [1.82, 2.24) is 14.7 Å². The number of benzene rings is 1. The van der Waals surface area contributed by atoms with Gasteiger partial charge in [0, 0.05) is 38.8 Å². The van der Waals surface area contributed by atoms with Gasteiger partial charge in [0.15, 0.2) is 0 Å². The predicted molar refractivity (Wildman–Crippen MR) is 99.9 cm³/mol. The van der Waals surface area contributed by atoms with Crippen molar-refractivity contribution in [3.05, 3.63) is 58.0 Å². The average molecular weight is 356 g/mol. The molecule has 1 heterocycles. The molecule has 0 spiro atoms. The molecule has 0 saturated heterocycles. The fourth-order valence-electron chi connectivity index (χ4n) is 2.37. The van der Waals surface area contributed by atoms with Crippen LogP contribution in [0.3, 0.4) is 0 Å². The van der Waals surface area contributed by atoms with Gasteiger partial charge in [-0.2, -0.15) is 5.10 Å². The Morgan fingerprint density at radius 1 is 1.19 bits per heavy atom. The number of hydrogen-bond donors (Lipinski definition) is 1. The van der Waals surface area contributed by atoms with Crippen LogP contribution in [0.2, 0.25) is 0 Å². The summed E-state index contributed by atoms with van der Waals surface area (Å²) in [6, 6.07) is 10.1. The molecular formula is C19H24N4O3. The summed E-state index contributed by atoms with van der Waals surface area (Å²) in [5.41, 5.74) is 1.38. The Morgan fingerprint density at radius 3 is 2.62 bits per heavy atom. The number of para-hydroxylation sites is 1. The largest absolute Gasteiger partial charge is 0.342 e. The number of anilines is 1. The van der Waals surface area contributed by atoms with E-state index >= 15 is 0 Å². The molecule has 0 fully saturated rings. The number of unbranched alkanes of at least 4 members (excludes halogenated alkanes) is 1. The molecule has 26 heavy (non-hydrogen) atoms. The van der Waals surface area contributed by atoms with Gasteiger partial charge >= 0.3 is 0 Å². The predicted octanol–water partition coefficient (Wildman–Crippen LogP) is 2.27. The number of carbonyl (C=O) groups excluding carboxylic acids is 2. The molecule has 0 atom stereocenters. The molecule has 138 valence electrons. The van der Waals surface area contributed by atoms with E-state index in [2.05, 4.69) is 10.4 Å². The summed E-state index contributed by atoms with van der Waals surface area (Å²) in [4.78, 5) is 37.4. The van der Waals surface area contributed by atoms with Crippen LogP contribution in [0, 0.1) is 0 Å². The highest BCUT2D eigenvalue weighted by Gasteiger charge is 2.13. The summed E-state index contributed by atoms with van der Waals surface area (Å²) >= 11 is 0. The van der Waals surface area contributed by atoms with Crippen molar-refractivity contribution in [2.24, 2.45) is 0 Å². The lowest BCUT2D eigenvalue weighted by Crippen LogP contribution is -2.27.